The van der Waals surface area contributed by atoms with E-state index >= 15 is 0 Å². The van der Waals surface area contributed by atoms with Crippen molar-refractivity contribution in [1.82, 2.24) is 20.9 Å². The number of alkyl halides is 3. The van der Waals surface area contributed by atoms with Crippen molar-refractivity contribution in [3.05, 3.63) is 64.2 Å². The number of rotatable bonds is 8. The van der Waals surface area contributed by atoms with Gasteiger partial charge >= 0.3 is 12.2 Å². The molecule has 1 aliphatic rings. The number of anilines is 1. The van der Waals surface area contributed by atoms with Gasteiger partial charge in [-0.3, -0.25) is 14.5 Å². The molecular formula is C25H29ClF3N5O3. The van der Waals surface area contributed by atoms with E-state index in [0.717, 1.165) is 30.7 Å². The lowest BCUT2D eigenvalue weighted by Crippen LogP contribution is -2.43. The fourth-order valence-electron chi connectivity index (χ4n) is 3.91. The van der Waals surface area contributed by atoms with Gasteiger partial charge in [0.05, 0.1) is 23.4 Å². The van der Waals surface area contributed by atoms with Crippen molar-refractivity contribution in [1.29, 1.82) is 0 Å². The predicted octanol–water partition coefficient (Wildman–Crippen LogP) is 4.01. The van der Waals surface area contributed by atoms with Crippen LogP contribution in [0.5, 0.6) is 0 Å². The number of nitrogens with one attached hydrogen (secondary N) is 4. The zero-order valence-corrected chi connectivity index (χ0v) is 21.2. The maximum Gasteiger partial charge on any atom is 0.416 e. The molecule has 1 fully saturated rings. The summed E-state index contributed by atoms with van der Waals surface area (Å²) in [6.07, 6.45) is -3.97. The number of hydrogen-bond donors (Lipinski definition) is 4. The van der Waals surface area contributed by atoms with E-state index in [-0.39, 0.29) is 17.8 Å². The summed E-state index contributed by atoms with van der Waals surface area (Å²) in [4.78, 5) is 39.4. The molecule has 0 bridgehead atoms. The third-order valence-electron chi connectivity index (χ3n) is 5.63. The highest BCUT2D eigenvalue weighted by atomic mass is 35.5. The number of likely N-dealkylation sites (tertiary alicyclic amines) is 1. The molecule has 0 saturated carbocycles. The maximum absolute atomic E-state index is 13.2. The molecule has 12 heteroatoms. The van der Waals surface area contributed by atoms with Crippen LogP contribution in [0.4, 0.5) is 23.7 Å². The Morgan fingerprint density at radius 3 is 2.46 bits per heavy atom. The number of halogens is 4. The molecule has 0 aromatic heterocycles. The predicted molar refractivity (Wildman–Crippen MR) is 134 cm³/mol. The third-order valence-corrected chi connectivity index (χ3v) is 5.88. The second-order valence-electron chi connectivity index (χ2n) is 9.11. The smallest absolute Gasteiger partial charge is 0.350 e. The standard InChI is InChI=1S/C25H29ClF3N5O3/c1-15(2)31-24(37)33-21-8-5-17(25(27,28)29)11-20(21)23(36)30-12-22(35)32-19-9-10-34(14-19)13-16-3-6-18(26)7-4-16/h3-8,11,15,19H,9-10,12-14H2,1-2H3,(H,30,36)(H,32,35)(H2,31,33,37). The number of carbonyl (C=O) groups excluding carboxylic acids is 3. The van der Waals surface area contributed by atoms with Crippen molar-refractivity contribution in [3.63, 3.8) is 0 Å². The Labute approximate surface area is 217 Å². The van der Waals surface area contributed by atoms with Gasteiger partial charge in [-0.05, 0) is 56.2 Å². The molecule has 1 aliphatic heterocycles. The SMILES string of the molecule is CC(C)NC(=O)Nc1ccc(C(F)(F)F)cc1C(=O)NCC(=O)NC1CCN(Cc2ccc(Cl)cc2)C1. The van der Waals surface area contributed by atoms with Crippen molar-refractivity contribution >= 4 is 35.1 Å². The molecule has 8 nitrogen and oxygen atoms in total. The molecular weight excluding hydrogens is 511 g/mol. The van der Waals surface area contributed by atoms with E-state index in [1.807, 2.05) is 24.3 Å². The minimum absolute atomic E-state index is 0.113. The highest BCUT2D eigenvalue weighted by Gasteiger charge is 2.32. The van der Waals surface area contributed by atoms with Gasteiger partial charge in [0.15, 0.2) is 0 Å². The average molecular weight is 540 g/mol. The fraction of sp³-hybridized carbons (Fsp3) is 0.400. The summed E-state index contributed by atoms with van der Waals surface area (Å²) in [5.74, 6) is -1.39. The van der Waals surface area contributed by atoms with Gasteiger partial charge in [-0.1, -0.05) is 23.7 Å². The highest BCUT2D eigenvalue weighted by Crippen LogP contribution is 2.32. The van der Waals surface area contributed by atoms with Crippen LogP contribution in [-0.4, -0.2) is 54.5 Å². The maximum atomic E-state index is 13.2. The van der Waals surface area contributed by atoms with Gasteiger partial charge < -0.3 is 21.3 Å². The Kier molecular flexibility index (Phi) is 9.39. The van der Waals surface area contributed by atoms with Crippen LogP contribution in [0.2, 0.25) is 5.02 Å². The number of carbonyl (C=O) groups is 3. The van der Waals surface area contributed by atoms with E-state index < -0.39 is 41.7 Å². The summed E-state index contributed by atoms with van der Waals surface area (Å²) < 4.78 is 39.7. The summed E-state index contributed by atoms with van der Waals surface area (Å²) >= 11 is 5.91. The van der Waals surface area contributed by atoms with Gasteiger partial charge in [0, 0.05) is 36.7 Å². The monoisotopic (exact) mass is 539 g/mol. The van der Waals surface area contributed by atoms with Crippen molar-refractivity contribution in [3.8, 4) is 0 Å². The molecule has 0 aliphatic carbocycles. The van der Waals surface area contributed by atoms with Crippen LogP contribution in [0.15, 0.2) is 42.5 Å². The topological polar surface area (TPSA) is 103 Å². The molecule has 200 valence electrons. The lowest BCUT2D eigenvalue weighted by atomic mass is 10.1. The normalized spacial score (nSPS) is 15.9. The van der Waals surface area contributed by atoms with Gasteiger partial charge in [0.1, 0.15) is 0 Å². The van der Waals surface area contributed by atoms with Gasteiger partial charge in [-0.25, -0.2) is 4.79 Å². The Bertz CT molecular complexity index is 1130. The van der Waals surface area contributed by atoms with Gasteiger partial charge in [0.2, 0.25) is 5.91 Å². The van der Waals surface area contributed by atoms with E-state index in [2.05, 4.69) is 26.2 Å². The van der Waals surface area contributed by atoms with Crippen LogP contribution in [0, 0.1) is 0 Å². The van der Waals surface area contributed by atoms with E-state index in [9.17, 15) is 27.6 Å². The van der Waals surface area contributed by atoms with Crippen LogP contribution in [0.3, 0.4) is 0 Å². The van der Waals surface area contributed by atoms with Crippen LogP contribution < -0.4 is 21.3 Å². The first-order valence-electron chi connectivity index (χ1n) is 11.7. The Morgan fingerprint density at radius 2 is 1.81 bits per heavy atom. The van der Waals surface area contributed by atoms with Crippen molar-refractivity contribution in [2.24, 2.45) is 0 Å². The summed E-state index contributed by atoms with van der Waals surface area (Å²) in [5.41, 5.74) is -0.478. The first-order chi connectivity index (χ1) is 17.4. The molecule has 3 rings (SSSR count). The van der Waals surface area contributed by atoms with Crippen molar-refractivity contribution in [2.45, 2.75) is 45.1 Å². The summed E-state index contributed by atoms with van der Waals surface area (Å²) in [5, 5.41) is 10.8. The van der Waals surface area contributed by atoms with E-state index in [1.165, 1.54) is 0 Å². The number of hydrogen-bond acceptors (Lipinski definition) is 4. The fourth-order valence-corrected chi connectivity index (χ4v) is 4.04. The first-order valence-corrected chi connectivity index (χ1v) is 12.1. The van der Waals surface area contributed by atoms with Gasteiger partial charge in [-0.2, -0.15) is 13.2 Å². The van der Waals surface area contributed by atoms with Crippen molar-refractivity contribution in [2.75, 3.05) is 25.0 Å². The summed E-state index contributed by atoms with van der Waals surface area (Å²) in [7, 11) is 0. The van der Waals surface area contributed by atoms with Crippen LogP contribution in [0.25, 0.3) is 0 Å². The summed E-state index contributed by atoms with van der Waals surface area (Å²) in [6.45, 7) is 5.09. The molecule has 0 radical (unpaired) electrons. The molecule has 1 atom stereocenters. The molecule has 1 heterocycles. The van der Waals surface area contributed by atoms with Gasteiger partial charge in [-0.15, -0.1) is 0 Å². The van der Waals surface area contributed by atoms with E-state index in [0.29, 0.717) is 24.2 Å². The lowest BCUT2D eigenvalue weighted by Gasteiger charge is -2.18. The second-order valence-corrected chi connectivity index (χ2v) is 9.55. The highest BCUT2D eigenvalue weighted by molar-refractivity contribution is 6.30. The molecule has 1 unspecified atom stereocenters. The lowest BCUT2D eigenvalue weighted by molar-refractivity contribution is -0.137. The molecule has 4 amide bonds. The molecule has 37 heavy (non-hydrogen) atoms. The number of nitrogens with zero attached hydrogens (tertiary/aromatic N) is 1. The minimum atomic E-state index is -4.69. The second kappa shape index (κ2) is 12.3. The zero-order valence-electron chi connectivity index (χ0n) is 20.4. The first kappa shape index (κ1) is 28.3. The molecule has 2 aromatic carbocycles. The average Bonchev–Trinajstić information content (AvgIpc) is 3.24. The molecule has 1 saturated heterocycles. The minimum Gasteiger partial charge on any atom is -0.350 e. The quantitative estimate of drug-likeness (QED) is 0.407. The third kappa shape index (κ3) is 8.64. The number of benzene rings is 2. The zero-order chi connectivity index (χ0) is 27.2. The molecule has 4 N–H and O–H groups in total. The van der Waals surface area contributed by atoms with E-state index in [1.54, 1.807) is 13.8 Å². The number of amides is 4. The van der Waals surface area contributed by atoms with Crippen LogP contribution in [-0.2, 0) is 17.5 Å². The largest absolute Gasteiger partial charge is 0.416 e. The van der Waals surface area contributed by atoms with E-state index in [4.69, 9.17) is 11.6 Å². The van der Waals surface area contributed by atoms with Gasteiger partial charge in [0.25, 0.3) is 5.91 Å². The van der Waals surface area contributed by atoms with Crippen LogP contribution >= 0.6 is 11.6 Å². The van der Waals surface area contributed by atoms with Crippen molar-refractivity contribution < 1.29 is 27.6 Å². The summed E-state index contributed by atoms with van der Waals surface area (Å²) in [6, 6.07) is 8.90. The number of urea groups is 1. The Hall–Kier alpha value is -3.31. The molecule has 2 aromatic rings. The Balaban J connectivity index is 1.57. The van der Waals surface area contributed by atoms with Crippen LogP contribution in [0.1, 0.15) is 41.8 Å². The molecule has 0 spiro atoms. The Morgan fingerprint density at radius 1 is 1.11 bits per heavy atom.